The quantitative estimate of drug-likeness (QED) is 0.787. The molecule has 0 saturated carbocycles. The molecule has 9 nitrogen and oxygen atoms in total. The van der Waals surface area contributed by atoms with Crippen LogP contribution in [0.2, 0.25) is 0 Å². The number of anilines is 2. The van der Waals surface area contributed by atoms with Crippen LogP contribution < -0.4 is 9.80 Å². The molecular formula is C19H27N7O2. The van der Waals surface area contributed by atoms with Gasteiger partial charge in [0.05, 0.1) is 0 Å². The first-order valence-electron chi connectivity index (χ1n) is 10.6. The summed E-state index contributed by atoms with van der Waals surface area (Å²) in [7, 11) is 0. The van der Waals surface area contributed by atoms with Crippen LogP contribution in [0, 0.1) is 5.92 Å². The molecule has 0 N–H and O–H groups in total. The van der Waals surface area contributed by atoms with Gasteiger partial charge in [-0.25, -0.2) is 14.6 Å². The molecule has 2 aromatic rings. The molecule has 1 amide bonds. The van der Waals surface area contributed by atoms with Crippen LogP contribution in [0.5, 0.6) is 0 Å². The second-order valence-electron chi connectivity index (χ2n) is 8.20. The smallest absolute Gasteiger partial charge is 0.245 e. The van der Waals surface area contributed by atoms with Gasteiger partial charge in [0.2, 0.25) is 17.2 Å². The predicted molar refractivity (Wildman–Crippen MR) is 104 cm³/mol. The number of fused-ring (bicyclic) bond motifs is 1. The minimum atomic E-state index is 0.324. The Labute approximate surface area is 164 Å². The molecule has 9 heteroatoms. The number of aromatic nitrogens is 4. The van der Waals surface area contributed by atoms with Gasteiger partial charge in [0.15, 0.2) is 11.6 Å². The number of amides is 1. The summed E-state index contributed by atoms with van der Waals surface area (Å²) in [5.74, 6) is 2.71. The fraction of sp³-hybridized carbons (Fsp3) is 0.737. The van der Waals surface area contributed by atoms with E-state index in [4.69, 9.17) is 14.6 Å². The van der Waals surface area contributed by atoms with Crippen LogP contribution in [0.15, 0.2) is 4.63 Å². The molecule has 0 unspecified atom stereocenters. The van der Waals surface area contributed by atoms with E-state index in [-0.39, 0.29) is 0 Å². The first-order chi connectivity index (χ1) is 13.8. The highest BCUT2D eigenvalue weighted by molar-refractivity contribution is 5.78. The lowest BCUT2D eigenvalue weighted by molar-refractivity contribution is -0.128. The first kappa shape index (κ1) is 17.6. The minimum Gasteiger partial charge on any atom is -0.353 e. The zero-order valence-corrected chi connectivity index (χ0v) is 16.2. The molecule has 0 spiro atoms. The van der Waals surface area contributed by atoms with E-state index in [1.165, 1.54) is 19.3 Å². The van der Waals surface area contributed by atoms with Crippen molar-refractivity contribution < 1.29 is 9.42 Å². The van der Waals surface area contributed by atoms with Crippen molar-refractivity contribution in [1.29, 1.82) is 0 Å². The maximum Gasteiger partial charge on any atom is 0.245 e. The maximum atomic E-state index is 11.9. The lowest BCUT2D eigenvalue weighted by atomic mass is 9.96. The lowest BCUT2D eigenvalue weighted by Gasteiger charge is -2.37. The van der Waals surface area contributed by atoms with Gasteiger partial charge in [-0.2, -0.15) is 0 Å². The molecular weight excluding hydrogens is 358 g/mol. The van der Waals surface area contributed by atoms with Crippen LogP contribution >= 0.6 is 0 Å². The zero-order valence-electron chi connectivity index (χ0n) is 16.2. The second-order valence-corrected chi connectivity index (χ2v) is 8.20. The summed E-state index contributed by atoms with van der Waals surface area (Å²) in [5, 5.41) is 7.80. The summed E-state index contributed by atoms with van der Waals surface area (Å²) in [6.07, 6.45) is 7.51. The highest BCUT2D eigenvalue weighted by Gasteiger charge is 2.29. The van der Waals surface area contributed by atoms with Gasteiger partial charge in [0.1, 0.15) is 0 Å². The lowest BCUT2D eigenvalue weighted by Crippen LogP contribution is -2.41. The Bertz CT molecular complexity index is 840. The van der Waals surface area contributed by atoms with Crippen LogP contribution in [0.3, 0.4) is 0 Å². The molecule has 0 radical (unpaired) electrons. The van der Waals surface area contributed by atoms with Crippen molar-refractivity contribution in [3.63, 3.8) is 0 Å². The molecule has 2 aromatic heterocycles. The molecule has 3 fully saturated rings. The largest absolute Gasteiger partial charge is 0.353 e. The number of hydrogen-bond donors (Lipinski definition) is 0. The SMILES string of the molecule is O=C1CCCN1CC1CCN(c2nc3nonc3nc2N2CCCCC2)CC1. The summed E-state index contributed by atoms with van der Waals surface area (Å²) in [6, 6.07) is 0. The van der Waals surface area contributed by atoms with Crippen LogP contribution in [-0.2, 0) is 4.79 Å². The average molecular weight is 385 g/mol. The Balaban J connectivity index is 1.33. The number of likely N-dealkylation sites (tertiary alicyclic amines) is 1. The first-order valence-corrected chi connectivity index (χ1v) is 10.6. The molecule has 0 bridgehead atoms. The van der Waals surface area contributed by atoms with E-state index in [1.54, 1.807) is 0 Å². The third-order valence-electron chi connectivity index (χ3n) is 6.30. The van der Waals surface area contributed by atoms with Gasteiger partial charge in [-0.1, -0.05) is 0 Å². The van der Waals surface area contributed by atoms with Gasteiger partial charge in [0.25, 0.3) is 0 Å². The zero-order chi connectivity index (χ0) is 18.9. The highest BCUT2D eigenvalue weighted by Crippen LogP contribution is 2.32. The van der Waals surface area contributed by atoms with Crippen molar-refractivity contribution in [2.24, 2.45) is 5.92 Å². The van der Waals surface area contributed by atoms with Crippen molar-refractivity contribution in [3.05, 3.63) is 0 Å². The second kappa shape index (κ2) is 7.52. The number of nitrogens with zero attached hydrogens (tertiary/aromatic N) is 7. The Hall–Kier alpha value is -2.45. The topological polar surface area (TPSA) is 91.5 Å². The van der Waals surface area contributed by atoms with Gasteiger partial charge in [-0.15, -0.1) is 0 Å². The van der Waals surface area contributed by atoms with Crippen LogP contribution in [0.25, 0.3) is 11.3 Å². The summed E-state index contributed by atoms with van der Waals surface area (Å²) in [4.78, 5) is 28.1. The number of carbonyl (C=O) groups excluding carboxylic acids is 1. The Morgan fingerprint density at radius 1 is 0.821 bits per heavy atom. The van der Waals surface area contributed by atoms with Crippen molar-refractivity contribution in [2.45, 2.75) is 44.9 Å². The normalized spacial score (nSPS) is 21.9. The summed E-state index contributed by atoms with van der Waals surface area (Å²) >= 11 is 0. The molecule has 0 aromatic carbocycles. The fourth-order valence-corrected chi connectivity index (χ4v) is 4.69. The average Bonchev–Trinajstić information content (AvgIpc) is 3.37. The maximum absolute atomic E-state index is 11.9. The Kier molecular flexibility index (Phi) is 4.74. The van der Waals surface area contributed by atoms with E-state index >= 15 is 0 Å². The van der Waals surface area contributed by atoms with Gasteiger partial charge in [-0.3, -0.25) is 4.79 Å². The standard InChI is InChI=1S/C19H27N7O2/c27-15-5-4-10-26(15)13-14-6-11-25(12-7-14)19-18(24-8-2-1-3-9-24)20-16-17(21-19)23-28-22-16/h14H,1-13H2. The Morgan fingerprint density at radius 3 is 2.07 bits per heavy atom. The molecule has 5 rings (SSSR count). The summed E-state index contributed by atoms with van der Waals surface area (Å²) < 4.78 is 4.85. The highest BCUT2D eigenvalue weighted by atomic mass is 16.6. The predicted octanol–water partition coefficient (Wildman–Crippen LogP) is 1.84. The van der Waals surface area contributed by atoms with E-state index in [9.17, 15) is 4.79 Å². The molecule has 3 saturated heterocycles. The number of piperidine rings is 2. The number of hydrogen-bond acceptors (Lipinski definition) is 8. The van der Waals surface area contributed by atoms with E-state index in [0.717, 1.165) is 76.6 Å². The molecule has 0 atom stereocenters. The van der Waals surface area contributed by atoms with Crippen molar-refractivity contribution in [2.75, 3.05) is 49.1 Å². The number of carbonyl (C=O) groups is 1. The third kappa shape index (κ3) is 3.38. The monoisotopic (exact) mass is 385 g/mol. The Morgan fingerprint density at radius 2 is 1.46 bits per heavy atom. The van der Waals surface area contributed by atoms with Crippen molar-refractivity contribution >= 4 is 28.8 Å². The molecule has 3 aliphatic rings. The van der Waals surface area contributed by atoms with Gasteiger partial charge in [-0.05, 0) is 54.8 Å². The van der Waals surface area contributed by atoms with E-state index in [2.05, 4.69) is 20.1 Å². The molecule has 5 heterocycles. The van der Waals surface area contributed by atoms with Crippen LogP contribution in [-0.4, -0.2) is 70.4 Å². The third-order valence-corrected chi connectivity index (χ3v) is 6.30. The molecule has 0 aliphatic carbocycles. The van der Waals surface area contributed by atoms with Crippen molar-refractivity contribution in [1.82, 2.24) is 25.2 Å². The summed E-state index contributed by atoms with van der Waals surface area (Å²) in [6.45, 7) is 5.71. The molecule has 28 heavy (non-hydrogen) atoms. The summed E-state index contributed by atoms with van der Waals surface area (Å²) in [5.41, 5.74) is 0.951. The van der Waals surface area contributed by atoms with Gasteiger partial charge in [0, 0.05) is 45.7 Å². The van der Waals surface area contributed by atoms with Crippen LogP contribution in [0.4, 0.5) is 11.6 Å². The minimum absolute atomic E-state index is 0.324. The van der Waals surface area contributed by atoms with E-state index < -0.39 is 0 Å². The van der Waals surface area contributed by atoms with Crippen molar-refractivity contribution in [3.8, 4) is 0 Å². The van der Waals surface area contributed by atoms with E-state index in [0.29, 0.717) is 23.1 Å². The van der Waals surface area contributed by atoms with Crippen LogP contribution in [0.1, 0.15) is 44.9 Å². The number of rotatable bonds is 4. The van der Waals surface area contributed by atoms with E-state index in [1.807, 2.05) is 4.90 Å². The molecule has 150 valence electrons. The molecule has 3 aliphatic heterocycles. The van der Waals surface area contributed by atoms with Gasteiger partial charge < -0.3 is 14.7 Å². The van der Waals surface area contributed by atoms with Gasteiger partial charge >= 0.3 is 0 Å². The fourth-order valence-electron chi connectivity index (χ4n) is 4.69.